The lowest BCUT2D eigenvalue weighted by Gasteiger charge is -2.45. The van der Waals surface area contributed by atoms with Crippen molar-refractivity contribution >= 4 is 33.6 Å². The molecule has 1 aliphatic heterocycles. The van der Waals surface area contributed by atoms with E-state index in [-0.39, 0.29) is 23.5 Å². The summed E-state index contributed by atoms with van der Waals surface area (Å²) < 4.78 is 18.7. The van der Waals surface area contributed by atoms with Gasteiger partial charge in [0.25, 0.3) is 0 Å². The largest absolute Gasteiger partial charge is 0.443 e. The van der Waals surface area contributed by atoms with E-state index < -0.39 is 29.4 Å². The van der Waals surface area contributed by atoms with Gasteiger partial charge in [0, 0.05) is 15.5 Å². The molecule has 4 rings (SSSR count). The molecule has 3 aliphatic rings. The first-order valence-electron chi connectivity index (χ1n) is 13.9. The first-order valence-corrected chi connectivity index (χ1v) is 14.7. The number of benzene rings is 1. The van der Waals surface area contributed by atoms with Crippen LogP contribution in [0.25, 0.3) is 0 Å². The number of nitrogens with zero attached hydrogens (tertiary/aromatic N) is 3. The third-order valence-electron chi connectivity index (χ3n) is 7.49. The monoisotopic (exact) mass is 605 g/mol. The van der Waals surface area contributed by atoms with E-state index in [0.717, 1.165) is 47.0 Å². The Bertz CT molecular complexity index is 1160. The van der Waals surface area contributed by atoms with Crippen LogP contribution in [0.1, 0.15) is 99.1 Å². The predicted octanol–water partition coefficient (Wildman–Crippen LogP) is 6.71. The minimum Gasteiger partial charge on any atom is -0.443 e. The Kier molecular flexibility index (Phi) is 8.15. The molecule has 216 valence electrons. The Balaban J connectivity index is 1.82. The van der Waals surface area contributed by atoms with Gasteiger partial charge < -0.3 is 19.3 Å². The number of aliphatic hydroxyl groups excluding tert-OH is 1. The molecular weight excluding hydrogens is 562 g/mol. The van der Waals surface area contributed by atoms with E-state index in [4.69, 9.17) is 24.2 Å². The van der Waals surface area contributed by atoms with Gasteiger partial charge in [-0.2, -0.15) is 0 Å². The van der Waals surface area contributed by atoms with Gasteiger partial charge in [0.05, 0.1) is 23.5 Å². The normalized spacial score (nSPS) is 27.5. The molecule has 1 amide bonds. The Hall–Kier alpha value is -1.81. The van der Waals surface area contributed by atoms with E-state index in [9.17, 15) is 9.90 Å². The molecule has 2 aliphatic carbocycles. The quantitative estimate of drug-likeness (QED) is 0.385. The summed E-state index contributed by atoms with van der Waals surface area (Å²) in [7, 11) is 0. The van der Waals surface area contributed by atoms with Gasteiger partial charge >= 0.3 is 6.09 Å². The first kappa shape index (κ1) is 30.2. The highest BCUT2D eigenvalue weighted by Gasteiger charge is 2.61. The van der Waals surface area contributed by atoms with Gasteiger partial charge in [-0.3, -0.25) is 4.99 Å². The summed E-state index contributed by atoms with van der Waals surface area (Å²) in [6.45, 7) is 16.8. The van der Waals surface area contributed by atoms with Crippen LogP contribution in [0.2, 0.25) is 0 Å². The Morgan fingerprint density at radius 1 is 1.10 bits per heavy atom. The number of aliphatic imine (C=N–C) groups is 2. The fraction of sp³-hybridized carbons (Fsp3) is 0.700. The molecule has 1 aromatic rings. The average molecular weight is 607 g/mol. The summed E-state index contributed by atoms with van der Waals surface area (Å²) in [5, 5.41) is 11.2. The molecule has 0 bridgehead atoms. The number of halogens is 1. The minimum absolute atomic E-state index is 0.179. The van der Waals surface area contributed by atoms with Gasteiger partial charge in [0.1, 0.15) is 5.60 Å². The van der Waals surface area contributed by atoms with Crippen molar-refractivity contribution in [1.29, 1.82) is 0 Å². The average Bonchev–Trinajstić information content (AvgIpc) is 3.23. The van der Waals surface area contributed by atoms with Gasteiger partial charge in [-0.15, -0.1) is 0 Å². The zero-order valence-corrected chi connectivity index (χ0v) is 26.4. The smallest absolute Gasteiger partial charge is 0.420 e. The minimum atomic E-state index is -1.60. The van der Waals surface area contributed by atoms with Crippen LogP contribution in [-0.4, -0.2) is 57.5 Å². The molecule has 0 saturated heterocycles. The lowest BCUT2D eigenvalue weighted by atomic mass is 9.65. The second-order valence-electron chi connectivity index (χ2n) is 13.4. The fourth-order valence-corrected chi connectivity index (χ4v) is 6.45. The molecule has 1 saturated carbocycles. The molecule has 1 fully saturated rings. The zero-order chi connectivity index (χ0) is 29.0. The summed E-state index contributed by atoms with van der Waals surface area (Å²) in [6, 6.07) is 6.31. The molecule has 2 spiro atoms. The van der Waals surface area contributed by atoms with E-state index in [1.54, 1.807) is 20.8 Å². The van der Waals surface area contributed by atoms with Gasteiger partial charge in [-0.1, -0.05) is 22.0 Å². The number of amides is 1. The summed E-state index contributed by atoms with van der Waals surface area (Å²) in [5.74, 6) is 0.272. The van der Waals surface area contributed by atoms with Crippen LogP contribution in [0, 0.1) is 5.41 Å². The van der Waals surface area contributed by atoms with E-state index in [2.05, 4.69) is 48.0 Å². The Morgan fingerprint density at radius 3 is 2.31 bits per heavy atom. The lowest BCUT2D eigenvalue weighted by Crippen LogP contribution is -2.52. The van der Waals surface area contributed by atoms with Crippen molar-refractivity contribution in [2.75, 3.05) is 0 Å². The van der Waals surface area contributed by atoms with Gasteiger partial charge in [-0.25, -0.2) is 14.7 Å². The maximum Gasteiger partial charge on any atom is 0.420 e. The topological polar surface area (TPSA) is 93.0 Å². The van der Waals surface area contributed by atoms with Crippen LogP contribution in [-0.2, 0) is 26.3 Å². The van der Waals surface area contributed by atoms with Crippen LogP contribution < -0.4 is 0 Å². The number of aliphatic hydroxyl groups is 1. The fourth-order valence-electron chi connectivity index (χ4n) is 6.09. The van der Waals surface area contributed by atoms with Crippen LogP contribution in [0.5, 0.6) is 0 Å². The molecular formula is C30H44BrN3O5. The third-order valence-corrected chi connectivity index (χ3v) is 7.98. The van der Waals surface area contributed by atoms with E-state index in [1.807, 2.05) is 27.7 Å². The van der Waals surface area contributed by atoms with Gasteiger partial charge in [-0.05, 0) is 112 Å². The maximum atomic E-state index is 13.5. The number of hydrogen-bond donors (Lipinski definition) is 1. The number of hydrogen-bond acceptors (Lipinski definition) is 7. The SMILES string of the molecule is CC1=NC2(N=C1N(C(=O)OC(C)(C)C)C(O)OC(C)(C)C)c1cc(Br)ccc1CC21CCC(OC(C)C)CC1. The van der Waals surface area contributed by atoms with Crippen molar-refractivity contribution in [3.05, 3.63) is 33.8 Å². The summed E-state index contributed by atoms with van der Waals surface area (Å²) >= 11 is 3.65. The van der Waals surface area contributed by atoms with Crippen molar-refractivity contribution in [3.8, 4) is 0 Å². The van der Waals surface area contributed by atoms with Crippen molar-refractivity contribution in [2.45, 2.75) is 130 Å². The van der Waals surface area contributed by atoms with Gasteiger partial charge in [0.15, 0.2) is 11.5 Å². The third kappa shape index (κ3) is 6.11. The maximum absolute atomic E-state index is 13.5. The Labute approximate surface area is 241 Å². The number of amidine groups is 1. The molecule has 39 heavy (non-hydrogen) atoms. The molecule has 1 N–H and O–H groups in total. The Morgan fingerprint density at radius 2 is 1.74 bits per heavy atom. The number of carbonyl (C=O) groups is 1. The lowest BCUT2D eigenvalue weighted by molar-refractivity contribution is -0.212. The number of rotatable bonds is 4. The van der Waals surface area contributed by atoms with Crippen molar-refractivity contribution in [1.82, 2.24) is 4.90 Å². The molecule has 9 heteroatoms. The molecule has 8 nitrogen and oxygen atoms in total. The predicted molar refractivity (Wildman–Crippen MR) is 156 cm³/mol. The van der Waals surface area contributed by atoms with E-state index in [1.165, 1.54) is 5.56 Å². The number of fused-ring (bicyclic) bond motifs is 3. The van der Waals surface area contributed by atoms with Crippen LogP contribution in [0.4, 0.5) is 4.79 Å². The van der Waals surface area contributed by atoms with Crippen molar-refractivity contribution in [3.63, 3.8) is 0 Å². The second-order valence-corrected chi connectivity index (χ2v) is 14.3. The number of carbonyl (C=O) groups excluding carboxylic acids is 1. The first-order chi connectivity index (χ1) is 18.0. The van der Waals surface area contributed by atoms with Crippen molar-refractivity contribution in [2.24, 2.45) is 15.4 Å². The van der Waals surface area contributed by atoms with Gasteiger partial charge in [0.2, 0.25) is 6.41 Å². The van der Waals surface area contributed by atoms with Crippen LogP contribution >= 0.6 is 15.9 Å². The summed E-state index contributed by atoms with van der Waals surface area (Å²) in [4.78, 5) is 25.2. The molecule has 0 radical (unpaired) electrons. The molecule has 2 atom stereocenters. The van der Waals surface area contributed by atoms with E-state index >= 15 is 0 Å². The van der Waals surface area contributed by atoms with Crippen LogP contribution in [0.3, 0.4) is 0 Å². The zero-order valence-electron chi connectivity index (χ0n) is 24.8. The van der Waals surface area contributed by atoms with Crippen molar-refractivity contribution < 1.29 is 24.1 Å². The molecule has 2 unspecified atom stereocenters. The summed E-state index contributed by atoms with van der Waals surface area (Å²) in [5.41, 5.74) is 0.108. The molecule has 1 heterocycles. The number of ether oxygens (including phenoxy) is 3. The second kappa shape index (κ2) is 10.5. The highest BCUT2D eigenvalue weighted by Crippen LogP contribution is 2.62. The molecule has 1 aromatic carbocycles. The van der Waals surface area contributed by atoms with Crippen LogP contribution in [0.15, 0.2) is 32.7 Å². The van der Waals surface area contributed by atoms with E-state index in [0.29, 0.717) is 5.71 Å². The molecule has 0 aromatic heterocycles. The standard InChI is InChI=1S/C30H44BrN3O5/c1-18(2)37-22-12-14-29(15-13-22)17-20-10-11-21(31)16-23(20)30(29)32-19(3)24(33-30)34(25(35)38-27(4,5)6)26(36)39-28(7,8)9/h10-11,16,18,22,25,35H,12-15,17H2,1-9H3. The highest BCUT2D eigenvalue weighted by atomic mass is 79.9. The summed E-state index contributed by atoms with van der Waals surface area (Å²) in [6.07, 6.45) is 2.49. The highest BCUT2D eigenvalue weighted by molar-refractivity contribution is 9.10.